The maximum atomic E-state index is 5.55. The summed E-state index contributed by atoms with van der Waals surface area (Å²) in [5.74, 6) is 2.47. The fourth-order valence-corrected chi connectivity index (χ4v) is 4.78. The van der Waals surface area contributed by atoms with Gasteiger partial charge >= 0.3 is 0 Å². The molecule has 1 unspecified atom stereocenters. The van der Waals surface area contributed by atoms with Gasteiger partial charge in [0.2, 0.25) is 6.79 Å². The van der Waals surface area contributed by atoms with Crippen LogP contribution in [0.4, 0.5) is 0 Å². The Bertz CT molecular complexity index is 864. The Morgan fingerprint density at radius 1 is 1.13 bits per heavy atom. The van der Waals surface area contributed by atoms with E-state index in [0.717, 1.165) is 63.3 Å². The van der Waals surface area contributed by atoms with Crippen molar-refractivity contribution in [3.63, 3.8) is 0 Å². The summed E-state index contributed by atoms with van der Waals surface area (Å²) in [6.45, 7) is 7.57. The quantitative estimate of drug-likeness (QED) is 0.520. The Labute approximate surface area is 182 Å². The number of nitrogens with one attached hydrogen (secondary N) is 2. The Morgan fingerprint density at radius 2 is 1.97 bits per heavy atom. The van der Waals surface area contributed by atoms with Crippen molar-refractivity contribution in [1.29, 1.82) is 0 Å². The third-order valence-corrected chi connectivity index (χ3v) is 6.51. The Hall–Kier alpha value is -2.29. The number of hydrogen-bond acceptors (Lipinski definition) is 6. The topological polar surface area (TPSA) is 67.4 Å². The lowest BCUT2D eigenvalue weighted by Gasteiger charge is -2.34. The Balaban J connectivity index is 1.30. The number of ether oxygens (including phenoxy) is 3. The molecule has 30 heavy (non-hydrogen) atoms. The van der Waals surface area contributed by atoms with E-state index in [1.54, 1.807) is 0 Å². The minimum atomic E-state index is 0.307. The van der Waals surface area contributed by atoms with Crippen LogP contribution in [0.25, 0.3) is 0 Å². The lowest BCUT2D eigenvalue weighted by atomic mass is 10.1. The third kappa shape index (κ3) is 5.24. The highest BCUT2D eigenvalue weighted by molar-refractivity contribution is 7.12. The summed E-state index contributed by atoms with van der Waals surface area (Å²) in [5, 5.41) is 6.95. The number of fused-ring (bicyclic) bond motifs is 1. The first kappa shape index (κ1) is 21.0. The smallest absolute Gasteiger partial charge is 0.231 e. The number of rotatable bonds is 7. The van der Waals surface area contributed by atoms with E-state index in [4.69, 9.17) is 14.2 Å². The summed E-state index contributed by atoms with van der Waals surface area (Å²) in [7, 11) is 1.81. The number of morpholine rings is 1. The predicted octanol–water partition coefficient (Wildman–Crippen LogP) is 2.57. The molecule has 8 heteroatoms. The molecule has 1 aromatic carbocycles. The van der Waals surface area contributed by atoms with Gasteiger partial charge in [0, 0.05) is 43.0 Å². The first-order valence-electron chi connectivity index (χ1n) is 10.4. The van der Waals surface area contributed by atoms with Crippen molar-refractivity contribution in [2.75, 3.05) is 53.2 Å². The van der Waals surface area contributed by atoms with Gasteiger partial charge in [0.05, 0.1) is 19.3 Å². The van der Waals surface area contributed by atoms with Crippen molar-refractivity contribution in [2.45, 2.75) is 19.4 Å². The minimum Gasteiger partial charge on any atom is -0.454 e. The van der Waals surface area contributed by atoms with E-state index in [9.17, 15) is 0 Å². The van der Waals surface area contributed by atoms with Gasteiger partial charge in [0.25, 0.3) is 0 Å². The summed E-state index contributed by atoms with van der Waals surface area (Å²) in [5.41, 5.74) is 1.21. The van der Waals surface area contributed by atoms with E-state index >= 15 is 0 Å². The summed E-state index contributed by atoms with van der Waals surface area (Å²) >= 11 is 1.87. The third-order valence-electron chi connectivity index (χ3n) is 5.41. The molecule has 2 aliphatic rings. The maximum Gasteiger partial charge on any atom is 0.231 e. The molecule has 1 atom stereocenters. The van der Waals surface area contributed by atoms with Crippen LogP contribution in [0.5, 0.6) is 11.5 Å². The monoisotopic (exact) mass is 430 g/mol. The Kier molecular flexibility index (Phi) is 7.09. The molecule has 4 rings (SSSR count). The lowest BCUT2D eigenvalue weighted by molar-refractivity contribution is 0.0177. The van der Waals surface area contributed by atoms with Crippen LogP contribution >= 0.6 is 11.3 Å². The highest BCUT2D eigenvalue weighted by Crippen LogP contribution is 2.32. The second-order valence-corrected chi connectivity index (χ2v) is 8.75. The molecule has 1 fully saturated rings. The second-order valence-electron chi connectivity index (χ2n) is 7.43. The van der Waals surface area contributed by atoms with Gasteiger partial charge < -0.3 is 24.8 Å². The van der Waals surface area contributed by atoms with Gasteiger partial charge in [0.15, 0.2) is 17.5 Å². The largest absolute Gasteiger partial charge is 0.454 e. The van der Waals surface area contributed by atoms with Crippen LogP contribution in [0.15, 0.2) is 35.3 Å². The first-order chi connectivity index (χ1) is 14.7. The van der Waals surface area contributed by atoms with Gasteiger partial charge in [-0.1, -0.05) is 6.07 Å². The van der Waals surface area contributed by atoms with Gasteiger partial charge in [-0.15, -0.1) is 11.3 Å². The molecule has 0 radical (unpaired) electrons. The van der Waals surface area contributed by atoms with Gasteiger partial charge in [-0.2, -0.15) is 0 Å². The van der Waals surface area contributed by atoms with Crippen LogP contribution in [0.3, 0.4) is 0 Å². The zero-order valence-electron chi connectivity index (χ0n) is 17.6. The van der Waals surface area contributed by atoms with Crippen LogP contribution < -0.4 is 20.1 Å². The van der Waals surface area contributed by atoms with Crippen LogP contribution in [-0.2, 0) is 11.2 Å². The van der Waals surface area contributed by atoms with Crippen molar-refractivity contribution >= 4 is 17.3 Å². The summed E-state index contributed by atoms with van der Waals surface area (Å²) in [6.07, 6.45) is 0.883. The molecule has 2 aromatic rings. The van der Waals surface area contributed by atoms with Crippen molar-refractivity contribution in [2.24, 2.45) is 4.99 Å². The van der Waals surface area contributed by atoms with Crippen molar-refractivity contribution < 1.29 is 14.2 Å². The highest BCUT2D eigenvalue weighted by atomic mass is 32.1. The zero-order valence-corrected chi connectivity index (χ0v) is 18.5. The van der Waals surface area contributed by atoms with E-state index in [1.807, 2.05) is 30.5 Å². The van der Waals surface area contributed by atoms with Crippen molar-refractivity contribution in [3.8, 4) is 11.5 Å². The molecule has 0 bridgehead atoms. The summed E-state index contributed by atoms with van der Waals surface area (Å²) in [6, 6.07) is 10.9. The standard InChI is InChI=1S/C22H30N4O3S/c1-16-3-6-21(30-16)18(26-9-11-27-12-10-26)14-25-22(23-2)24-8-7-17-4-5-19-20(13-17)29-15-28-19/h3-6,13,18H,7-12,14-15H2,1-2H3,(H2,23,24,25). The first-order valence-corrected chi connectivity index (χ1v) is 11.3. The molecule has 3 heterocycles. The molecule has 162 valence electrons. The molecule has 0 amide bonds. The highest BCUT2D eigenvalue weighted by Gasteiger charge is 2.24. The SMILES string of the molecule is CN=C(NCCc1ccc2c(c1)OCO2)NCC(c1ccc(C)s1)N1CCOCC1. The zero-order chi connectivity index (χ0) is 20.8. The molecular weight excluding hydrogens is 400 g/mol. The number of nitrogens with zero attached hydrogens (tertiary/aromatic N) is 2. The van der Waals surface area contributed by atoms with Crippen LogP contribution in [-0.4, -0.2) is 64.1 Å². The molecule has 2 N–H and O–H groups in total. The predicted molar refractivity (Wildman–Crippen MR) is 120 cm³/mol. The molecule has 1 aromatic heterocycles. The average molecular weight is 431 g/mol. The van der Waals surface area contributed by atoms with Gasteiger partial charge in [-0.25, -0.2) is 0 Å². The average Bonchev–Trinajstić information content (AvgIpc) is 3.42. The fraction of sp³-hybridized carbons (Fsp3) is 0.500. The van der Waals surface area contributed by atoms with Gasteiger partial charge in [-0.3, -0.25) is 9.89 Å². The summed E-state index contributed by atoms with van der Waals surface area (Å²) in [4.78, 5) is 9.63. The molecule has 0 saturated carbocycles. The summed E-state index contributed by atoms with van der Waals surface area (Å²) < 4.78 is 16.4. The second kappa shape index (κ2) is 10.1. The number of benzene rings is 1. The molecule has 1 saturated heterocycles. The fourth-order valence-electron chi connectivity index (χ4n) is 3.77. The Morgan fingerprint density at radius 3 is 2.73 bits per heavy atom. The van der Waals surface area contributed by atoms with Gasteiger partial charge in [0.1, 0.15) is 0 Å². The molecule has 7 nitrogen and oxygen atoms in total. The number of aliphatic imine (C=N–C) groups is 1. The normalized spacial score (nSPS) is 17.7. The van der Waals surface area contributed by atoms with E-state index in [-0.39, 0.29) is 0 Å². The van der Waals surface area contributed by atoms with E-state index < -0.39 is 0 Å². The van der Waals surface area contributed by atoms with Crippen LogP contribution in [0.2, 0.25) is 0 Å². The number of guanidine groups is 1. The van der Waals surface area contributed by atoms with Crippen molar-refractivity contribution in [3.05, 3.63) is 45.6 Å². The van der Waals surface area contributed by atoms with Gasteiger partial charge in [-0.05, 0) is 43.2 Å². The van der Waals surface area contributed by atoms with E-state index in [1.165, 1.54) is 15.3 Å². The van der Waals surface area contributed by atoms with Crippen molar-refractivity contribution in [1.82, 2.24) is 15.5 Å². The molecule has 0 spiro atoms. The molecular formula is C22H30N4O3S. The molecule has 2 aliphatic heterocycles. The number of hydrogen-bond donors (Lipinski definition) is 2. The number of thiophene rings is 1. The lowest BCUT2D eigenvalue weighted by Crippen LogP contribution is -2.46. The molecule has 0 aliphatic carbocycles. The van der Waals surface area contributed by atoms with Crippen LogP contribution in [0.1, 0.15) is 21.4 Å². The maximum absolute atomic E-state index is 5.55. The number of aryl methyl sites for hydroxylation is 1. The van der Waals surface area contributed by atoms with Crippen LogP contribution in [0, 0.1) is 6.92 Å². The minimum absolute atomic E-state index is 0.307. The van der Waals surface area contributed by atoms with E-state index in [0.29, 0.717) is 12.8 Å². The van der Waals surface area contributed by atoms with E-state index in [2.05, 4.69) is 45.6 Å².